The molecule has 6 nitrogen and oxygen atoms in total. The summed E-state index contributed by atoms with van der Waals surface area (Å²) in [4.78, 5) is 26.2. The number of benzene rings is 2. The van der Waals surface area contributed by atoms with Crippen molar-refractivity contribution in [2.45, 2.75) is 19.3 Å². The average molecular weight is 420 g/mol. The summed E-state index contributed by atoms with van der Waals surface area (Å²) in [6.07, 6.45) is 3.47. The van der Waals surface area contributed by atoms with Gasteiger partial charge in [-0.3, -0.25) is 9.59 Å². The van der Waals surface area contributed by atoms with Gasteiger partial charge in [0.25, 0.3) is 0 Å². The van der Waals surface area contributed by atoms with E-state index in [1.807, 2.05) is 24.3 Å². The Balaban J connectivity index is 1.49. The lowest BCUT2D eigenvalue weighted by Crippen LogP contribution is -2.36. The number of hydrogen-bond donors (Lipinski definition) is 3. The Hall–Kier alpha value is -3.23. The minimum atomic E-state index is -1.67. The molecule has 30 heavy (non-hydrogen) atoms. The third kappa shape index (κ3) is 5.43. The molecule has 2 aromatic rings. The lowest BCUT2D eigenvalue weighted by molar-refractivity contribution is -0.122. The van der Waals surface area contributed by atoms with E-state index in [0.717, 1.165) is 43.4 Å². The first-order valence-corrected chi connectivity index (χ1v) is 9.73. The molecular weight excluding hydrogens is 397 g/mol. The second-order valence-corrected chi connectivity index (χ2v) is 6.97. The van der Waals surface area contributed by atoms with Crippen LogP contribution in [-0.2, 0) is 9.59 Å². The zero-order chi connectivity index (χ0) is 21.5. The van der Waals surface area contributed by atoms with Gasteiger partial charge in [0, 0.05) is 13.1 Å². The Labute approximate surface area is 172 Å². The maximum Gasteiger partial charge on any atom is 0.243 e. The van der Waals surface area contributed by atoms with Crippen molar-refractivity contribution in [3.63, 3.8) is 0 Å². The first-order chi connectivity index (χ1) is 14.5. The normalized spacial score (nSPS) is 13.6. The summed E-state index contributed by atoms with van der Waals surface area (Å²) in [5.74, 6) is -5.72. The van der Waals surface area contributed by atoms with Gasteiger partial charge < -0.3 is 20.9 Å². The molecule has 0 aliphatic carbocycles. The van der Waals surface area contributed by atoms with Crippen LogP contribution in [-0.4, -0.2) is 38.0 Å². The van der Waals surface area contributed by atoms with Crippen LogP contribution in [0.5, 0.6) is 0 Å². The number of para-hydroxylation sites is 2. The highest BCUT2D eigenvalue weighted by atomic mass is 19.2. The molecule has 0 atom stereocenters. The van der Waals surface area contributed by atoms with Crippen molar-refractivity contribution >= 4 is 28.9 Å². The highest BCUT2D eigenvalue weighted by molar-refractivity contribution is 5.95. The van der Waals surface area contributed by atoms with Gasteiger partial charge in [0.1, 0.15) is 0 Å². The molecule has 2 aromatic carbocycles. The standard InChI is InChI=1S/C21H23F3N4O2/c22-14-8-9-16(21(24)20(14)23)27-19(30)13-26-18(29)12-25-15-6-2-3-7-17(15)28-10-4-1-5-11-28/h2-3,6-9,25H,1,4-5,10-13H2,(H,26,29)(H,27,30). The van der Waals surface area contributed by atoms with Crippen LogP contribution in [0, 0.1) is 17.5 Å². The molecule has 3 rings (SSSR count). The van der Waals surface area contributed by atoms with Crippen molar-refractivity contribution in [3.05, 3.63) is 53.8 Å². The summed E-state index contributed by atoms with van der Waals surface area (Å²) >= 11 is 0. The number of nitrogens with zero attached hydrogens (tertiary/aromatic N) is 1. The van der Waals surface area contributed by atoms with E-state index >= 15 is 0 Å². The molecule has 1 aliphatic rings. The molecule has 9 heteroatoms. The minimum absolute atomic E-state index is 0.0579. The largest absolute Gasteiger partial charge is 0.374 e. The molecule has 1 aliphatic heterocycles. The summed E-state index contributed by atoms with van der Waals surface area (Å²) < 4.78 is 39.7. The molecule has 0 bridgehead atoms. The van der Waals surface area contributed by atoms with Crippen LogP contribution in [0.1, 0.15) is 19.3 Å². The van der Waals surface area contributed by atoms with Gasteiger partial charge >= 0.3 is 0 Å². The maximum atomic E-state index is 13.6. The molecular formula is C21H23F3N4O2. The first-order valence-electron chi connectivity index (χ1n) is 9.73. The van der Waals surface area contributed by atoms with Crippen LogP contribution in [0.2, 0.25) is 0 Å². The zero-order valence-corrected chi connectivity index (χ0v) is 16.3. The van der Waals surface area contributed by atoms with Gasteiger partial charge in [-0.15, -0.1) is 0 Å². The summed E-state index contributed by atoms with van der Waals surface area (Å²) in [5, 5.41) is 7.57. The van der Waals surface area contributed by atoms with Gasteiger partial charge in [-0.2, -0.15) is 0 Å². The molecule has 1 saturated heterocycles. The van der Waals surface area contributed by atoms with Gasteiger partial charge in [-0.1, -0.05) is 12.1 Å². The van der Waals surface area contributed by atoms with E-state index in [1.54, 1.807) is 0 Å². The second kappa shape index (κ2) is 10.00. The Kier molecular flexibility index (Phi) is 7.16. The number of rotatable bonds is 7. The van der Waals surface area contributed by atoms with E-state index in [0.29, 0.717) is 6.07 Å². The van der Waals surface area contributed by atoms with Crippen molar-refractivity contribution in [1.82, 2.24) is 5.32 Å². The molecule has 0 aromatic heterocycles. The van der Waals surface area contributed by atoms with Gasteiger partial charge in [-0.05, 0) is 43.5 Å². The van der Waals surface area contributed by atoms with Crippen LogP contribution in [0.4, 0.5) is 30.2 Å². The number of anilines is 3. The molecule has 0 saturated carbocycles. The number of nitrogens with one attached hydrogen (secondary N) is 3. The monoisotopic (exact) mass is 420 g/mol. The number of amides is 2. The van der Waals surface area contributed by atoms with Crippen molar-refractivity contribution in [2.75, 3.05) is 41.7 Å². The van der Waals surface area contributed by atoms with Crippen LogP contribution in [0.15, 0.2) is 36.4 Å². The van der Waals surface area contributed by atoms with E-state index in [2.05, 4.69) is 20.9 Å². The first kappa shape index (κ1) is 21.5. The number of carbonyl (C=O) groups excluding carboxylic acids is 2. The minimum Gasteiger partial charge on any atom is -0.374 e. The molecule has 3 N–H and O–H groups in total. The molecule has 160 valence electrons. The predicted octanol–water partition coefficient (Wildman–Crippen LogP) is 3.26. The van der Waals surface area contributed by atoms with E-state index < -0.39 is 41.5 Å². The van der Waals surface area contributed by atoms with Gasteiger partial charge in [0.05, 0.1) is 30.2 Å². The Morgan fingerprint density at radius 3 is 2.33 bits per heavy atom. The molecule has 1 fully saturated rings. The number of hydrogen-bond acceptors (Lipinski definition) is 4. The van der Waals surface area contributed by atoms with Crippen molar-refractivity contribution in [1.29, 1.82) is 0 Å². The Morgan fingerprint density at radius 2 is 1.57 bits per heavy atom. The highest BCUT2D eigenvalue weighted by Crippen LogP contribution is 2.28. The quantitative estimate of drug-likeness (QED) is 0.602. The number of carbonyl (C=O) groups is 2. The van der Waals surface area contributed by atoms with E-state index in [1.165, 1.54) is 6.42 Å². The third-order valence-electron chi connectivity index (χ3n) is 4.80. The summed E-state index contributed by atoms with van der Waals surface area (Å²) in [6.45, 7) is 1.43. The summed E-state index contributed by atoms with van der Waals surface area (Å²) in [5.41, 5.74) is 1.35. The van der Waals surface area contributed by atoms with E-state index in [9.17, 15) is 22.8 Å². The van der Waals surface area contributed by atoms with Crippen LogP contribution in [0.25, 0.3) is 0 Å². The van der Waals surface area contributed by atoms with Crippen molar-refractivity contribution in [3.8, 4) is 0 Å². The second-order valence-electron chi connectivity index (χ2n) is 6.97. The van der Waals surface area contributed by atoms with Gasteiger partial charge in [0.2, 0.25) is 11.8 Å². The lowest BCUT2D eigenvalue weighted by atomic mass is 10.1. The summed E-state index contributed by atoms with van der Waals surface area (Å²) in [7, 11) is 0. The fourth-order valence-electron chi connectivity index (χ4n) is 3.27. The predicted molar refractivity (Wildman–Crippen MR) is 109 cm³/mol. The zero-order valence-electron chi connectivity index (χ0n) is 16.3. The fraction of sp³-hybridized carbons (Fsp3) is 0.333. The molecule has 2 amide bonds. The van der Waals surface area contributed by atoms with Crippen LogP contribution < -0.4 is 20.9 Å². The van der Waals surface area contributed by atoms with Crippen LogP contribution >= 0.6 is 0 Å². The van der Waals surface area contributed by atoms with Crippen LogP contribution in [0.3, 0.4) is 0 Å². The number of halogens is 3. The van der Waals surface area contributed by atoms with Gasteiger partial charge in [-0.25, -0.2) is 13.2 Å². The highest BCUT2D eigenvalue weighted by Gasteiger charge is 2.16. The van der Waals surface area contributed by atoms with Crippen molar-refractivity contribution < 1.29 is 22.8 Å². The number of piperidine rings is 1. The smallest absolute Gasteiger partial charge is 0.243 e. The molecule has 0 unspecified atom stereocenters. The topological polar surface area (TPSA) is 73.5 Å². The molecule has 1 heterocycles. The Bertz CT molecular complexity index is 917. The molecule has 0 radical (unpaired) electrons. The SMILES string of the molecule is O=C(CNc1ccccc1N1CCCCC1)NCC(=O)Nc1ccc(F)c(F)c1F. The fourth-order valence-corrected chi connectivity index (χ4v) is 3.27. The summed E-state index contributed by atoms with van der Waals surface area (Å²) in [6, 6.07) is 9.31. The van der Waals surface area contributed by atoms with Gasteiger partial charge in [0.15, 0.2) is 17.5 Å². The van der Waals surface area contributed by atoms with Crippen molar-refractivity contribution in [2.24, 2.45) is 0 Å². The maximum absolute atomic E-state index is 13.6. The average Bonchev–Trinajstić information content (AvgIpc) is 2.77. The third-order valence-corrected chi connectivity index (χ3v) is 4.80. The lowest BCUT2D eigenvalue weighted by Gasteiger charge is -2.30. The van der Waals surface area contributed by atoms with E-state index in [4.69, 9.17) is 0 Å². The van der Waals surface area contributed by atoms with E-state index in [-0.39, 0.29) is 6.54 Å². The Morgan fingerprint density at radius 1 is 0.833 bits per heavy atom. The molecule has 0 spiro atoms.